The third-order valence-corrected chi connectivity index (χ3v) is 5.65. The number of rotatable bonds is 8. The third-order valence-electron chi connectivity index (χ3n) is 2.83. The van der Waals surface area contributed by atoms with Crippen LogP contribution in [0.2, 0.25) is 0 Å². The van der Waals surface area contributed by atoms with E-state index in [2.05, 4.69) is 6.58 Å². The molecule has 132 valence electrons. The van der Waals surface area contributed by atoms with Gasteiger partial charge in [-0.2, -0.15) is 0 Å². The standard InChI is InChI=1S/C16H34NO4P/c1-11-19-22(18,20-12-2)14(15(5,6)7)17(16(8,9)10)21-13(3)4/h14H,3,11-12H2,1-2,4-10H3. The molecule has 1 unspecified atom stereocenters. The topological polar surface area (TPSA) is 48.0 Å². The van der Waals surface area contributed by atoms with E-state index >= 15 is 0 Å². The maximum atomic E-state index is 13.4. The second-order valence-electron chi connectivity index (χ2n) is 7.40. The number of hydrogen-bond acceptors (Lipinski definition) is 5. The summed E-state index contributed by atoms with van der Waals surface area (Å²) < 4.78 is 24.6. The first-order valence-corrected chi connectivity index (χ1v) is 9.42. The Labute approximate surface area is 136 Å². The van der Waals surface area contributed by atoms with E-state index in [1.54, 1.807) is 12.0 Å². The SMILES string of the molecule is C=C(C)ON(C(C(C)(C)C)P(=O)(OCC)OCC)C(C)(C)C. The maximum absolute atomic E-state index is 13.4. The lowest BCUT2D eigenvalue weighted by Gasteiger charge is -2.47. The molecule has 0 N–H and O–H groups in total. The Balaban J connectivity index is 6.05. The van der Waals surface area contributed by atoms with Gasteiger partial charge in [0.15, 0.2) is 5.78 Å². The fraction of sp³-hybridized carbons (Fsp3) is 0.875. The highest BCUT2D eigenvalue weighted by atomic mass is 31.2. The molecule has 0 fully saturated rings. The summed E-state index contributed by atoms with van der Waals surface area (Å²) in [7, 11) is -3.40. The summed E-state index contributed by atoms with van der Waals surface area (Å²) in [6.07, 6.45) is 0. The van der Waals surface area contributed by atoms with E-state index in [1.807, 2.05) is 55.4 Å². The van der Waals surface area contributed by atoms with Crippen LogP contribution in [0.5, 0.6) is 0 Å². The van der Waals surface area contributed by atoms with Crippen molar-refractivity contribution in [2.75, 3.05) is 13.2 Å². The Morgan fingerprint density at radius 3 is 1.73 bits per heavy atom. The van der Waals surface area contributed by atoms with Crippen LogP contribution in [-0.4, -0.2) is 29.6 Å². The lowest BCUT2D eigenvalue weighted by molar-refractivity contribution is -0.208. The summed E-state index contributed by atoms with van der Waals surface area (Å²) in [4.78, 5) is 5.85. The molecule has 0 radical (unpaired) electrons. The highest BCUT2D eigenvalue weighted by Gasteiger charge is 2.51. The number of nitrogens with zero attached hydrogens (tertiary/aromatic N) is 1. The minimum absolute atomic E-state index is 0.314. The van der Waals surface area contributed by atoms with Gasteiger partial charge in [0, 0.05) is 5.54 Å². The monoisotopic (exact) mass is 335 g/mol. The Bertz CT molecular complexity index is 399. The van der Waals surface area contributed by atoms with E-state index in [-0.39, 0.29) is 5.41 Å². The van der Waals surface area contributed by atoms with Crippen LogP contribution in [0.25, 0.3) is 0 Å². The molecule has 0 rings (SSSR count). The van der Waals surface area contributed by atoms with E-state index in [1.165, 1.54) is 0 Å². The Morgan fingerprint density at radius 1 is 1.09 bits per heavy atom. The van der Waals surface area contributed by atoms with Gasteiger partial charge in [-0.1, -0.05) is 27.4 Å². The summed E-state index contributed by atoms with van der Waals surface area (Å²) in [5.41, 5.74) is -0.788. The van der Waals surface area contributed by atoms with Crippen LogP contribution >= 0.6 is 7.60 Å². The van der Waals surface area contributed by atoms with Gasteiger partial charge in [-0.3, -0.25) is 4.57 Å². The first-order chi connectivity index (χ1) is 9.79. The number of hydrogen-bond donors (Lipinski definition) is 0. The molecule has 0 aliphatic rings. The molecule has 0 aliphatic heterocycles. The van der Waals surface area contributed by atoms with Gasteiger partial charge in [-0.25, -0.2) is 0 Å². The predicted molar refractivity (Wildman–Crippen MR) is 91.6 cm³/mol. The lowest BCUT2D eigenvalue weighted by atomic mass is 9.94. The normalized spacial score (nSPS) is 15.0. The molecular weight excluding hydrogens is 301 g/mol. The molecule has 0 saturated carbocycles. The van der Waals surface area contributed by atoms with Crippen LogP contribution in [0.3, 0.4) is 0 Å². The summed E-state index contributed by atoms with van der Waals surface area (Å²) >= 11 is 0. The van der Waals surface area contributed by atoms with E-state index in [4.69, 9.17) is 13.9 Å². The van der Waals surface area contributed by atoms with Gasteiger partial charge in [-0.05, 0) is 47.0 Å². The predicted octanol–water partition coefficient (Wildman–Crippen LogP) is 5.19. The van der Waals surface area contributed by atoms with Gasteiger partial charge in [0.25, 0.3) is 0 Å². The van der Waals surface area contributed by atoms with Gasteiger partial charge >= 0.3 is 7.60 Å². The van der Waals surface area contributed by atoms with Crippen molar-refractivity contribution < 1.29 is 18.5 Å². The zero-order valence-corrected chi connectivity index (χ0v) is 16.6. The van der Waals surface area contributed by atoms with E-state index < -0.39 is 18.9 Å². The molecule has 0 spiro atoms. The Morgan fingerprint density at radius 2 is 1.50 bits per heavy atom. The summed E-state index contributed by atoms with van der Waals surface area (Å²) in [6, 6.07) is 0. The van der Waals surface area contributed by atoms with Crippen molar-refractivity contribution in [3.63, 3.8) is 0 Å². The van der Waals surface area contributed by atoms with Gasteiger partial charge in [-0.15, -0.1) is 5.06 Å². The van der Waals surface area contributed by atoms with E-state index in [0.29, 0.717) is 19.0 Å². The number of allylic oxidation sites excluding steroid dienone is 1. The van der Waals surface area contributed by atoms with Crippen LogP contribution in [0.15, 0.2) is 12.3 Å². The molecule has 0 bridgehead atoms. The zero-order chi connectivity index (χ0) is 17.8. The van der Waals surface area contributed by atoms with Crippen molar-refractivity contribution in [1.82, 2.24) is 5.06 Å². The van der Waals surface area contributed by atoms with Crippen LogP contribution in [-0.2, 0) is 18.5 Å². The molecule has 0 aromatic heterocycles. The molecule has 0 aliphatic carbocycles. The van der Waals surface area contributed by atoms with Gasteiger partial charge in [0.2, 0.25) is 0 Å². The molecule has 0 saturated heterocycles. The largest absolute Gasteiger partial charge is 0.410 e. The summed E-state index contributed by atoms with van der Waals surface area (Å²) in [6.45, 7) is 21.8. The van der Waals surface area contributed by atoms with Gasteiger partial charge < -0.3 is 13.9 Å². The Kier molecular flexibility index (Phi) is 7.83. The third kappa shape index (κ3) is 6.04. The van der Waals surface area contributed by atoms with Crippen molar-refractivity contribution in [3.05, 3.63) is 12.3 Å². The molecule has 5 nitrogen and oxygen atoms in total. The van der Waals surface area contributed by atoms with Crippen LogP contribution in [0, 0.1) is 5.41 Å². The van der Waals surface area contributed by atoms with Gasteiger partial charge in [0.05, 0.1) is 13.2 Å². The fourth-order valence-electron chi connectivity index (χ4n) is 2.21. The fourth-order valence-corrected chi connectivity index (χ4v) is 4.89. The minimum atomic E-state index is -3.40. The molecule has 1 atom stereocenters. The quantitative estimate of drug-likeness (QED) is 0.347. The molecule has 0 heterocycles. The second kappa shape index (κ2) is 7.96. The number of hydroxylamine groups is 2. The molecule has 0 amide bonds. The van der Waals surface area contributed by atoms with Crippen molar-refractivity contribution in [2.24, 2.45) is 5.41 Å². The molecule has 0 aromatic rings. The molecular formula is C16H34NO4P. The highest BCUT2D eigenvalue weighted by Crippen LogP contribution is 2.60. The Hall–Kier alpha value is -0.350. The average Bonchev–Trinajstić information content (AvgIpc) is 2.24. The summed E-state index contributed by atoms with van der Waals surface area (Å²) in [5, 5.41) is 1.71. The lowest BCUT2D eigenvalue weighted by Crippen LogP contribution is -2.53. The van der Waals surface area contributed by atoms with E-state index in [0.717, 1.165) is 0 Å². The van der Waals surface area contributed by atoms with Crippen LogP contribution < -0.4 is 0 Å². The molecule has 22 heavy (non-hydrogen) atoms. The van der Waals surface area contributed by atoms with Crippen LogP contribution in [0.1, 0.15) is 62.3 Å². The van der Waals surface area contributed by atoms with Crippen molar-refractivity contribution in [2.45, 2.75) is 73.6 Å². The second-order valence-corrected chi connectivity index (χ2v) is 9.49. The van der Waals surface area contributed by atoms with Crippen molar-refractivity contribution in [3.8, 4) is 0 Å². The van der Waals surface area contributed by atoms with E-state index in [9.17, 15) is 4.57 Å². The molecule has 0 aromatic carbocycles. The average molecular weight is 335 g/mol. The van der Waals surface area contributed by atoms with Gasteiger partial charge in [0.1, 0.15) is 5.76 Å². The van der Waals surface area contributed by atoms with Crippen LogP contribution in [0.4, 0.5) is 0 Å². The highest BCUT2D eigenvalue weighted by molar-refractivity contribution is 7.54. The minimum Gasteiger partial charge on any atom is -0.410 e. The smallest absolute Gasteiger partial charge is 0.351 e. The summed E-state index contributed by atoms with van der Waals surface area (Å²) in [5.74, 6) is -0.0275. The molecule has 6 heteroatoms. The maximum Gasteiger partial charge on any atom is 0.351 e. The first kappa shape index (κ1) is 21.6. The van der Waals surface area contributed by atoms with Crippen molar-refractivity contribution >= 4 is 7.60 Å². The van der Waals surface area contributed by atoms with Crippen molar-refractivity contribution in [1.29, 1.82) is 0 Å². The zero-order valence-electron chi connectivity index (χ0n) is 15.7. The first-order valence-electron chi connectivity index (χ1n) is 7.81.